The molecule has 0 N–H and O–H groups in total. The smallest absolute Gasteiger partial charge is 0.00204 e. The summed E-state index contributed by atoms with van der Waals surface area (Å²) >= 11 is 0. The minimum absolute atomic E-state index is 1.22. The van der Waals surface area contributed by atoms with Gasteiger partial charge in [-0.15, -0.1) is 0 Å². The van der Waals surface area contributed by atoms with Gasteiger partial charge in [-0.25, -0.2) is 0 Å². The van der Waals surface area contributed by atoms with Gasteiger partial charge in [-0.05, 0) is 157 Å². The molecule has 13 aromatic carbocycles. The third-order valence-corrected chi connectivity index (χ3v) is 13.5. The van der Waals surface area contributed by atoms with Crippen LogP contribution in [-0.2, 0) is 0 Å². The summed E-state index contributed by atoms with van der Waals surface area (Å²) in [5.74, 6) is 0. The molecule has 0 heteroatoms. The molecule has 13 rings (SSSR count). The summed E-state index contributed by atoms with van der Waals surface area (Å²) in [6.07, 6.45) is 0. The van der Waals surface area contributed by atoms with Crippen LogP contribution in [0, 0.1) is 13.8 Å². The monoisotopic (exact) mass is 758 g/mol. The van der Waals surface area contributed by atoms with Gasteiger partial charge in [-0.2, -0.15) is 0 Å². The highest BCUT2D eigenvalue weighted by Gasteiger charge is 2.20. The van der Waals surface area contributed by atoms with E-state index in [1.165, 1.54) is 142 Å². The number of fused-ring (bicyclic) bond motifs is 3. The molecule has 0 unspecified atom stereocenters. The number of hydrogen-bond donors (Lipinski definition) is 0. The zero-order chi connectivity index (χ0) is 39.6. The van der Waals surface area contributed by atoms with Crippen molar-refractivity contribution in [3.8, 4) is 44.5 Å². The highest BCUT2D eigenvalue weighted by atomic mass is 14.2. The highest BCUT2D eigenvalue weighted by Crippen LogP contribution is 2.48. The molecule has 0 fully saturated rings. The molecule has 13 aromatic rings. The Hall–Kier alpha value is -7.54. The van der Waals surface area contributed by atoms with Crippen molar-refractivity contribution in [2.45, 2.75) is 13.8 Å². The maximum absolute atomic E-state index is 2.50. The fraction of sp³-hybridized carbons (Fsp3) is 0.0333. The van der Waals surface area contributed by atoms with Crippen molar-refractivity contribution in [3.63, 3.8) is 0 Å². The predicted octanol–water partition coefficient (Wildman–Crippen LogP) is 17.1. The predicted molar refractivity (Wildman–Crippen MR) is 260 cm³/mol. The van der Waals surface area contributed by atoms with E-state index in [0.29, 0.717) is 0 Å². The van der Waals surface area contributed by atoms with Gasteiger partial charge < -0.3 is 0 Å². The van der Waals surface area contributed by atoms with Gasteiger partial charge in [0.05, 0.1) is 0 Å². The molecule has 278 valence electrons. The van der Waals surface area contributed by atoms with Crippen molar-refractivity contribution in [2.24, 2.45) is 0 Å². The van der Waals surface area contributed by atoms with Gasteiger partial charge in [0.15, 0.2) is 0 Å². The molecule has 60 heavy (non-hydrogen) atoms. The fourth-order valence-electron chi connectivity index (χ4n) is 10.6. The number of benzene rings is 13. The fourth-order valence-corrected chi connectivity index (χ4v) is 10.6. The summed E-state index contributed by atoms with van der Waals surface area (Å²) in [5.41, 5.74) is 12.5. The Morgan fingerprint density at radius 2 is 0.583 bits per heavy atom. The molecular weight excluding hydrogens is 721 g/mol. The molecule has 0 atom stereocenters. The van der Waals surface area contributed by atoms with Crippen LogP contribution in [0.3, 0.4) is 0 Å². The SMILES string of the molecule is Cc1ccc(-c2cc3c(ccc4c(-c5ccc6ccc7cccc8ccc5c6c78)ccc(-c5ccc(C)cc5)c43)cc2-c2ccc3ccc4cccc5ccc2c3c45)cc1. The largest absolute Gasteiger partial charge is 0.0610 e. The summed E-state index contributed by atoms with van der Waals surface area (Å²) in [4.78, 5) is 0. The second-order valence-corrected chi connectivity index (χ2v) is 16.9. The number of hydrogen-bond acceptors (Lipinski definition) is 0. The summed E-state index contributed by atoms with van der Waals surface area (Å²) < 4.78 is 0. The molecule has 0 amide bonds. The lowest BCUT2D eigenvalue weighted by Gasteiger charge is -2.20. The molecule has 0 aliphatic carbocycles. The zero-order valence-corrected chi connectivity index (χ0v) is 33.5. The van der Waals surface area contributed by atoms with Crippen molar-refractivity contribution in [2.75, 3.05) is 0 Å². The molecule has 0 spiro atoms. The van der Waals surface area contributed by atoms with E-state index >= 15 is 0 Å². The van der Waals surface area contributed by atoms with E-state index in [2.05, 4.69) is 208 Å². The highest BCUT2D eigenvalue weighted by molar-refractivity contribution is 6.29. The van der Waals surface area contributed by atoms with E-state index in [1.54, 1.807) is 0 Å². The first-order valence-electron chi connectivity index (χ1n) is 21.1. The van der Waals surface area contributed by atoms with E-state index < -0.39 is 0 Å². The van der Waals surface area contributed by atoms with Gasteiger partial charge in [-0.3, -0.25) is 0 Å². The minimum Gasteiger partial charge on any atom is -0.0610 e. The Morgan fingerprint density at radius 3 is 1.10 bits per heavy atom. The van der Waals surface area contributed by atoms with Crippen LogP contribution in [0.15, 0.2) is 194 Å². The first-order chi connectivity index (χ1) is 29.6. The van der Waals surface area contributed by atoms with E-state index in [1.807, 2.05) is 0 Å². The van der Waals surface area contributed by atoms with Crippen LogP contribution in [0.2, 0.25) is 0 Å². The molecule has 0 bridgehead atoms. The van der Waals surface area contributed by atoms with Crippen LogP contribution in [0.4, 0.5) is 0 Å². The normalized spacial score (nSPS) is 12.2. The van der Waals surface area contributed by atoms with E-state index in [-0.39, 0.29) is 0 Å². The van der Waals surface area contributed by atoms with Crippen molar-refractivity contribution in [3.05, 3.63) is 205 Å². The van der Waals surface area contributed by atoms with E-state index in [0.717, 1.165) is 0 Å². The van der Waals surface area contributed by atoms with Gasteiger partial charge >= 0.3 is 0 Å². The number of aryl methyl sites for hydroxylation is 2. The first kappa shape index (κ1) is 33.4. The lowest BCUT2D eigenvalue weighted by molar-refractivity contribution is 1.47. The Kier molecular flexibility index (Phi) is 6.95. The molecular formula is C60H38. The van der Waals surface area contributed by atoms with Gasteiger partial charge in [0, 0.05) is 0 Å². The molecule has 0 aliphatic rings. The molecule has 0 saturated heterocycles. The standard InChI is InChI=1S/C60H38/c1-35-9-13-37(14-10-35)46-31-32-48(47-26-21-43-19-17-39-5-3-7-41-23-28-50(47)58(43)56(39)41)52-30-25-45-33-55(53(34-54(45)60(46)52)38-15-11-36(2)12-16-38)49-27-22-44-20-18-40-6-4-8-42-24-29-51(49)59(44)57(40)42/h3-34H,1-2H3. The topological polar surface area (TPSA) is 0 Å². The van der Waals surface area contributed by atoms with Crippen molar-refractivity contribution in [1.82, 2.24) is 0 Å². The van der Waals surface area contributed by atoms with E-state index in [4.69, 9.17) is 0 Å². The second-order valence-electron chi connectivity index (χ2n) is 16.9. The molecule has 0 heterocycles. The van der Waals surface area contributed by atoms with E-state index in [9.17, 15) is 0 Å². The van der Waals surface area contributed by atoms with Crippen molar-refractivity contribution < 1.29 is 0 Å². The van der Waals surface area contributed by atoms with Crippen LogP contribution in [-0.4, -0.2) is 0 Å². The van der Waals surface area contributed by atoms with Crippen LogP contribution >= 0.6 is 0 Å². The van der Waals surface area contributed by atoms with Crippen LogP contribution in [0.25, 0.3) is 131 Å². The van der Waals surface area contributed by atoms with Gasteiger partial charge in [0.1, 0.15) is 0 Å². The average molecular weight is 759 g/mol. The maximum atomic E-state index is 2.50. The number of rotatable bonds is 4. The average Bonchev–Trinajstić information content (AvgIpc) is 3.29. The lowest BCUT2D eigenvalue weighted by atomic mass is 9.83. The minimum atomic E-state index is 1.22. The Morgan fingerprint density at radius 1 is 0.217 bits per heavy atom. The third-order valence-electron chi connectivity index (χ3n) is 13.5. The van der Waals surface area contributed by atoms with Gasteiger partial charge in [0.25, 0.3) is 0 Å². The molecule has 0 aliphatic heterocycles. The molecule has 0 saturated carbocycles. The summed E-state index contributed by atoms with van der Waals surface area (Å²) in [5, 5.41) is 20.7. The maximum Gasteiger partial charge on any atom is -0.00204 e. The molecule has 0 aromatic heterocycles. The summed E-state index contributed by atoms with van der Waals surface area (Å²) in [6, 6.07) is 73.7. The quantitative estimate of drug-likeness (QED) is 0.157. The van der Waals surface area contributed by atoms with Crippen LogP contribution in [0.1, 0.15) is 11.1 Å². The summed E-state index contributed by atoms with van der Waals surface area (Å²) in [7, 11) is 0. The van der Waals surface area contributed by atoms with Crippen molar-refractivity contribution >= 4 is 86.2 Å². The van der Waals surface area contributed by atoms with Crippen LogP contribution < -0.4 is 0 Å². The second kappa shape index (κ2) is 12.5. The zero-order valence-electron chi connectivity index (χ0n) is 33.5. The molecule has 0 nitrogen and oxygen atoms in total. The summed E-state index contributed by atoms with van der Waals surface area (Å²) in [6.45, 7) is 4.34. The Labute approximate surface area is 348 Å². The van der Waals surface area contributed by atoms with Crippen LogP contribution in [0.5, 0.6) is 0 Å². The third kappa shape index (κ3) is 4.79. The lowest BCUT2D eigenvalue weighted by Crippen LogP contribution is -1.93. The first-order valence-corrected chi connectivity index (χ1v) is 21.1. The molecule has 0 radical (unpaired) electrons. The van der Waals surface area contributed by atoms with Crippen molar-refractivity contribution in [1.29, 1.82) is 0 Å². The van der Waals surface area contributed by atoms with Gasteiger partial charge in [0.2, 0.25) is 0 Å². The van der Waals surface area contributed by atoms with Gasteiger partial charge in [-0.1, -0.05) is 193 Å². The Balaban J connectivity index is 1.14. The Bertz CT molecular complexity index is 3830.